The molecule has 0 fully saturated rings. The molecule has 0 aliphatic heterocycles. The maximum absolute atomic E-state index is 12.5. The van der Waals surface area contributed by atoms with Crippen LogP contribution in [0.2, 0.25) is 0 Å². The van der Waals surface area contributed by atoms with Crippen molar-refractivity contribution in [3.05, 3.63) is 86.2 Å². The molecule has 3 rings (SSSR count). The Hall–Kier alpha value is -3.68. The first-order chi connectivity index (χ1) is 14.8. The molecule has 0 bridgehead atoms. The van der Waals surface area contributed by atoms with Gasteiger partial charge in [0.2, 0.25) is 0 Å². The predicted molar refractivity (Wildman–Crippen MR) is 117 cm³/mol. The molecule has 2 aromatic carbocycles. The molecule has 1 amide bonds. The lowest BCUT2D eigenvalue weighted by molar-refractivity contribution is -0.386. The Kier molecular flexibility index (Phi) is 6.69. The third-order valence-corrected chi connectivity index (χ3v) is 5.06. The fourth-order valence-corrected chi connectivity index (χ4v) is 3.37. The number of nitrogens with zero attached hydrogens (tertiary/aromatic N) is 3. The molecular weight excluding hydrogens is 396 g/mol. The van der Waals surface area contributed by atoms with Gasteiger partial charge in [0.15, 0.2) is 0 Å². The van der Waals surface area contributed by atoms with Crippen LogP contribution in [0.5, 0.6) is 5.75 Å². The summed E-state index contributed by atoms with van der Waals surface area (Å²) in [7, 11) is 0. The molecule has 0 aliphatic rings. The van der Waals surface area contributed by atoms with E-state index >= 15 is 0 Å². The van der Waals surface area contributed by atoms with Gasteiger partial charge < -0.3 is 10.1 Å². The summed E-state index contributed by atoms with van der Waals surface area (Å²) in [5.74, 6) is 0.610. The number of hydrogen-bond acceptors (Lipinski definition) is 5. The summed E-state index contributed by atoms with van der Waals surface area (Å²) in [4.78, 5) is 23.2. The van der Waals surface area contributed by atoms with Crippen LogP contribution in [0.1, 0.15) is 38.4 Å². The molecule has 0 saturated heterocycles. The Morgan fingerprint density at radius 1 is 1.16 bits per heavy atom. The molecule has 3 aromatic rings. The molecule has 162 valence electrons. The molecule has 1 heterocycles. The van der Waals surface area contributed by atoms with E-state index in [-0.39, 0.29) is 11.6 Å². The van der Waals surface area contributed by atoms with E-state index in [4.69, 9.17) is 4.74 Å². The molecule has 0 radical (unpaired) electrons. The summed E-state index contributed by atoms with van der Waals surface area (Å²) in [5, 5.41) is 18.1. The normalized spacial score (nSPS) is 10.7. The summed E-state index contributed by atoms with van der Waals surface area (Å²) < 4.78 is 7.47. The van der Waals surface area contributed by atoms with Crippen LogP contribution in [-0.2, 0) is 13.2 Å². The number of aryl methyl sites for hydroxylation is 3. The van der Waals surface area contributed by atoms with Crippen LogP contribution < -0.4 is 10.1 Å². The lowest BCUT2D eigenvalue weighted by Gasteiger charge is -2.11. The van der Waals surface area contributed by atoms with E-state index < -0.39 is 4.92 Å². The minimum atomic E-state index is -0.432. The Morgan fingerprint density at radius 2 is 1.94 bits per heavy atom. The maximum Gasteiger partial charge on any atom is 0.312 e. The van der Waals surface area contributed by atoms with Gasteiger partial charge >= 0.3 is 5.69 Å². The van der Waals surface area contributed by atoms with Crippen molar-refractivity contribution in [3.63, 3.8) is 0 Å². The van der Waals surface area contributed by atoms with Crippen LogP contribution >= 0.6 is 0 Å². The van der Waals surface area contributed by atoms with Crippen LogP contribution in [0.25, 0.3) is 0 Å². The monoisotopic (exact) mass is 422 g/mol. The van der Waals surface area contributed by atoms with Gasteiger partial charge in [-0.3, -0.25) is 19.6 Å². The molecule has 31 heavy (non-hydrogen) atoms. The van der Waals surface area contributed by atoms with Gasteiger partial charge in [-0.1, -0.05) is 24.3 Å². The van der Waals surface area contributed by atoms with Gasteiger partial charge in [-0.25, -0.2) is 0 Å². The molecule has 1 N–H and O–H groups in total. The number of amides is 1. The summed E-state index contributed by atoms with van der Waals surface area (Å²) in [6.45, 7) is 8.28. The minimum absolute atomic E-state index is 0.0166. The molecule has 0 atom stereocenters. The zero-order chi connectivity index (χ0) is 22.5. The fourth-order valence-electron chi connectivity index (χ4n) is 3.37. The lowest BCUT2D eigenvalue weighted by atomic mass is 10.1. The molecule has 0 unspecified atom stereocenters. The Morgan fingerprint density at radius 3 is 2.65 bits per heavy atom. The van der Waals surface area contributed by atoms with E-state index in [9.17, 15) is 14.9 Å². The van der Waals surface area contributed by atoms with Gasteiger partial charge in [0, 0.05) is 12.1 Å². The van der Waals surface area contributed by atoms with Crippen LogP contribution in [0.4, 0.5) is 5.69 Å². The molecule has 0 aliphatic carbocycles. The number of benzene rings is 2. The van der Waals surface area contributed by atoms with Crippen LogP contribution in [-0.4, -0.2) is 27.2 Å². The summed E-state index contributed by atoms with van der Waals surface area (Å²) in [5.41, 5.74) is 4.46. The largest absolute Gasteiger partial charge is 0.489 e. The van der Waals surface area contributed by atoms with E-state index in [2.05, 4.69) is 10.4 Å². The standard InChI is InChI=1S/C23H26N4O4/c1-15-8-9-16(2)21(12-15)31-14-19-6-5-7-20(13-19)23(28)24-10-11-26-18(4)22(27(29)30)17(3)25-26/h5-9,12-13H,10-11,14H2,1-4H3,(H,24,28). The summed E-state index contributed by atoms with van der Waals surface area (Å²) in [6.07, 6.45) is 0. The first kappa shape index (κ1) is 22.0. The van der Waals surface area contributed by atoms with Gasteiger partial charge in [0.05, 0.1) is 11.5 Å². The van der Waals surface area contributed by atoms with Crippen molar-refractivity contribution < 1.29 is 14.5 Å². The van der Waals surface area contributed by atoms with E-state index in [1.807, 2.05) is 44.2 Å². The highest BCUT2D eigenvalue weighted by Gasteiger charge is 2.21. The third kappa shape index (κ3) is 5.28. The second-order valence-electron chi connectivity index (χ2n) is 7.51. The predicted octanol–water partition coefficient (Wildman–Crippen LogP) is 4.03. The Balaban J connectivity index is 1.58. The van der Waals surface area contributed by atoms with Crippen LogP contribution in [0.15, 0.2) is 42.5 Å². The number of nitro groups is 1. The van der Waals surface area contributed by atoms with Crippen molar-refractivity contribution in [1.82, 2.24) is 15.1 Å². The first-order valence-corrected chi connectivity index (χ1v) is 10.0. The summed E-state index contributed by atoms with van der Waals surface area (Å²) in [6, 6.07) is 13.3. The highest BCUT2D eigenvalue weighted by atomic mass is 16.6. The van der Waals surface area contributed by atoms with E-state index in [0.717, 1.165) is 22.4 Å². The second-order valence-corrected chi connectivity index (χ2v) is 7.51. The zero-order valence-corrected chi connectivity index (χ0v) is 18.1. The Bertz CT molecular complexity index is 1120. The van der Waals surface area contributed by atoms with Gasteiger partial charge in [-0.05, 0) is 62.6 Å². The molecule has 8 nitrogen and oxygen atoms in total. The van der Waals surface area contributed by atoms with Crippen molar-refractivity contribution >= 4 is 11.6 Å². The van der Waals surface area contributed by atoms with Crippen molar-refractivity contribution in [2.24, 2.45) is 0 Å². The molecule has 0 spiro atoms. The molecule has 0 saturated carbocycles. The van der Waals surface area contributed by atoms with Crippen LogP contribution in [0.3, 0.4) is 0 Å². The quantitative estimate of drug-likeness (QED) is 0.436. The van der Waals surface area contributed by atoms with Crippen molar-refractivity contribution in [1.29, 1.82) is 0 Å². The number of carbonyl (C=O) groups excluding carboxylic acids is 1. The number of nitrogens with one attached hydrogen (secondary N) is 1. The highest BCUT2D eigenvalue weighted by molar-refractivity contribution is 5.94. The number of carbonyl (C=O) groups is 1. The lowest BCUT2D eigenvalue weighted by Crippen LogP contribution is -2.27. The van der Waals surface area contributed by atoms with Gasteiger partial charge in [-0.2, -0.15) is 5.10 Å². The van der Waals surface area contributed by atoms with Crippen molar-refractivity contribution in [2.45, 2.75) is 40.8 Å². The first-order valence-electron chi connectivity index (χ1n) is 10.0. The molecular formula is C23H26N4O4. The third-order valence-electron chi connectivity index (χ3n) is 5.06. The molecule has 1 aromatic heterocycles. The minimum Gasteiger partial charge on any atom is -0.489 e. The van der Waals surface area contributed by atoms with Crippen molar-refractivity contribution in [2.75, 3.05) is 6.54 Å². The van der Waals surface area contributed by atoms with Gasteiger partial charge in [0.25, 0.3) is 5.91 Å². The van der Waals surface area contributed by atoms with E-state index in [1.165, 1.54) is 0 Å². The maximum atomic E-state index is 12.5. The Labute approximate surface area is 181 Å². The average molecular weight is 422 g/mol. The van der Waals surface area contributed by atoms with E-state index in [0.29, 0.717) is 36.6 Å². The number of aromatic nitrogens is 2. The zero-order valence-electron chi connectivity index (χ0n) is 18.1. The number of hydrogen-bond donors (Lipinski definition) is 1. The van der Waals surface area contributed by atoms with Crippen molar-refractivity contribution in [3.8, 4) is 5.75 Å². The van der Waals surface area contributed by atoms with Gasteiger partial charge in [-0.15, -0.1) is 0 Å². The summed E-state index contributed by atoms with van der Waals surface area (Å²) >= 11 is 0. The number of rotatable bonds is 8. The average Bonchev–Trinajstić information content (AvgIpc) is 3.02. The number of ether oxygens (including phenoxy) is 1. The van der Waals surface area contributed by atoms with Crippen LogP contribution in [0, 0.1) is 37.8 Å². The SMILES string of the molecule is Cc1ccc(C)c(OCc2cccc(C(=O)NCCn3nc(C)c([N+](=O)[O-])c3C)c2)c1. The van der Waals surface area contributed by atoms with Gasteiger partial charge in [0.1, 0.15) is 23.7 Å². The highest BCUT2D eigenvalue weighted by Crippen LogP contribution is 2.22. The fraction of sp³-hybridized carbons (Fsp3) is 0.304. The topological polar surface area (TPSA) is 99.3 Å². The molecule has 8 heteroatoms. The van der Waals surface area contributed by atoms with E-state index in [1.54, 1.807) is 30.7 Å². The second kappa shape index (κ2) is 9.42. The smallest absolute Gasteiger partial charge is 0.312 e.